The van der Waals surface area contributed by atoms with E-state index in [1.807, 2.05) is 54.6 Å². The van der Waals surface area contributed by atoms with Gasteiger partial charge < -0.3 is 0 Å². The zero-order valence-electron chi connectivity index (χ0n) is 9.88. The Kier molecular flexibility index (Phi) is 3.74. The highest BCUT2D eigenvalue weighted by atomic mass is 14.3. The van der Waals surface area contributed by atoms with Gasteiger partial charge in [0.1, 0.15) is 0 Å². The molecule has 0 aromatic heterocycles. The third-order valence-electron chi connectivity index (χ3n) is 2.90. The second-order valence-electron chi connectivity index (χ2n) is 4.01. The lowest BCUT2D eigenvalue weighted by atomic mass is 9.88. The molecule has 2 nitrogen and oxygen atoms in total. The van der Waals surface area contributed by atoms with Gasteiger partial charge in [0.2, 0.25) is 0 Å². The minimum absolute atomic E-state index is 0.309. The first-order chi connectivity index (χ1) is 8.86. The number of hydrogen-bond donors (Lipinski definition) is 0. The molecule has 0 radical (unpaired) electrons. The summed E-state index contributed by atoms with van der Waals surface area (Å²) >= 11 is 0. The fourth-order valence-electron chi connectivity index (χ4n) is 2.03. The molecule has 18 heavy (non-hydrogen) atoms. The molecule has 0 spiro atoms. The summed E-state index contributed by atoms with van der Waals surface area (Å²) in [6.07, 6.45) is 0.335. The Balaban J connectivity index is 2.47. The third-order valence-corrected chi connectivity index (χ3v) is 2.90. The average molecular weight is 232 g/mol. The van der Waals surface area contributed by atoms with Gasteiger partial charge in [0, 0.05) is 0 Å². The van der Waals surface area contributed by atoms with Crippen LogP contribution in [0.4, 0.5) is 0 Å². The van der Waals surface area contributed by atoms with Crippen LogP contribution in [-0.4, -0.2) is 0 Å². The summed E-state index contributed by atoms with van der Waals surface area (Å²) in [6.45, 7) is 0. The fraction of sp³-hybridized carbons (Fsp3) is 0.125. The SMILES string of the molecule is N#CCc1ccccc1C(C#N)c1ccccc1. The first-order valence-electron chi connectivity index (χ1n) is 5.76. The van der Waals surface area contributed by atoms with Gasteiger partial charge in [-0.05, 0) is 16.7 Å². The molecule has 0 bridgehead atoms. The highest BCUT2D eigenvalue weighted by Gasteiger charge is 2.15. The molecule has 0 fully saturated rings. The Morgan fingerprint density at radius 2 is 1.56 bits per heavy atom. The summed E-state index contributed by atoms with van der Waals surface area (Å²) in [6, 6.07) is 21.8. The predicted molar refractivity (Wildman–Crippen MR) is 69.7 cm³/mol. The van der Waals surface area contributed by atoms with Crippen LogP contribution in [-0.2, 0) is 6.42 Å². The van der Waals surface area contributed by atoms with E-state index in [2.05, 4.69) is 12.1 Å². The first-order valence-corrected chi connectivity index (χ1v) is 5.76. The summed E-state index contributed by atoms with van der Waals surface area (Å²) in [5, 5.41) is 18.2. The molecule has 2 rings (SSSR count). The van der Waals surface area contributed by atoms with Gasteiger partial charge in [0.25, 0.3) is 0 Å². The van der Waals surface area contributed by atoms with Crippen LogP contribution in [0.2, 0.25) is 0 Å². The van der Waals surface area contributed by atoms with Crippen LogP contribution in [0, 0.1) is 22.7 Å². The summed E-state index contributed by atoms with van der Waals surface area (Å²) in [5.41, 5.74) is 2.81. The number of hydrogen-bond acceptors (Lipinski definition) is 2. The van der Waals surface area contributed by atoms with Crippen LogP contribution in [0.1, 0.15) is 22.6 Å². The highest BCUT2D eigenvalue weighted by Crippen LogP contribution is 2.26. The van der Waals surface area contributed by atoms with Crippen molar-refractivity contribution < 1.29 is 0 Å². The van der Waals surface area contributed by atoms with Gasteiger partial charge >= 0.3 is 0 Å². The van der Waals surface area contributed by atoms with Crippen LogP contribution < -0.4 is 0 Å². The largest absolute Gasteiger partial charge is 0.198 e. The summed E-state index contributed by atoms with van der Waals surface area (Å²) in [4.78, 5) is 0. The quantitative estimate of drug-likeness (QED) is 0.814. The molecular formula is C16H12N2. The lowest BCUT2D eigenvalue weighted by Gasteiger charge is -2.13. The molecule has 1 atom stereocenters. The molecular weight excluding hydrogens is 220 g/mol. The Hall–Kier alpha value is -2.58. The lowest BCUT2D eigenvalue weighted by molar-refractivity contribution is 1.00. The molecule has 0 saturated heterocycles. The van der Waals surface area contributed by atoms with E-state index in [4.69, 9.17) is 5.26 Å². The molecule has 0 saturated carbocycles. The number of benzene rings is 2. The van der Waals surface area contributed by atoms with E-state index in [-0.39, 0.29) is 5.92 Å². The smallest absolute Gasteiger partial charge is 0.0965 e. The van der Waals surface area contributed by atoms with Gasteiger partial charge in [-0.1, -0.05) is 54.6 Å². The number of nitriles is 2. The predicted octanol–water partition coefficient (Wildman–Crippen LogP) is 3.41. The second kappa shape index (κ2) is 5.66. The number of rotatable bonds is 3. The third kappa shape index (κ3) is 2.39. The van der Waals surface area contributed by atoms with Crippen LogP contribution in [0.25, 0.3) is 0 Å². The van der Waals surface area contributed by atoms with Crippen molar-refractivity contribution in [2.24, 2.45) is 0 Å². The van der Waals surface area contributed by atoms with Crippen molar-refractivity contribution in [1.29, 1.82) is 10.5 Å². The summed E-state index contributed by atoms with van der Waals surface area (Å²) in [7, 11) is 0. The Bertz CT molecular complexity index is 603. The molecule has 0 aliphatic rings. The zero-order valence-corrected chi connectivity index (χ0v) is 9.88. The average Bonchev–Trinajstić information content (AvgIpc) is 2.43. The van der Waals surface area contributed by atoms with Crippen LogP contribution in [0.3, 0.4) is 0 Å². The van der Waals surface area contributed by atoms with E-state index in [1.165, 1.54) is 0 Å². The van der Waals surface area contributed by atoms with Gasteiger partial charge in [-0.15, -0.1) is 0 Å². The van der Waals surface area contributed by atoms with Crippen molar-refractivity contribution in [3.63, 3.8) is 0 Å². The molecule has 0 amide bonds. The van der Waals surface area contributed by atoms with E-state index in [0.29, 0.717) is 6.42 Å². The molecule has 0 aliphatic carbocycles. The maximum atomic E-state index is 9.39. The molecule has 0 heterocycles. The second-order valence-corrected chi connectivity index (χ2v) is 4.01. The first kappa shape index (κ1) is 11.9. The van der Waals surface area contributed by atoms with Crippen molar-refractivity contribution in [2.45, 2.75) is 12.3 Å². The summed E-state index contributed by atoms with van der Waals surface area (Å²) < 4.78 is 0. The van der Waals surface area contributed by atoms with E-state index < -0.39 is 0 Å². The maximum absolute atomic E-state index is 9.39. The standard InChI is InChI=1S/C16H12N2/c17-11-10-14-8-4-5-9-15(14)16(12-18)13-6-2-1-3-7-13/h1-9,16H,10H2. The van der Waals surface area contributed by atoms with E-state index >= 15 is 0 Å². The molecule has 0 aliphatic heterocycles. The molecule has 86 valence electrons. The molecule has 1 unspecified atom stereocenters. The Morgan fingerprint density at radius 1 is 0.889 bits per heavy atom. The van der Waals surface area contributed by atoms with E-state index in [9.17, 15) is 5.26 Å². The Morgan fingerprint density at radius 3 is 2.22 bits per heavy atom. The maximum Gasteiger partial charge on any atom is 0.0965 e. The zero-order chi connectivity index (χ0) is 12.8. The topological polar surface area (TPSA) is 47.6 Å². The van der Waals surface area contributed by atoms with Crippen LogP contribution in [0.15, 0.2) is 54.6 Å². The number of nitrogens with zero attached hydrogens (tertiary/aromatic N) is 2. The van der Waals surface area contributed by atoms with Crippen molar-refractivity contribution in [3.8, 4) is 12.1 Å². The van der Waals surface area contributed by atoms with Crippen molar-refractivity contribution in [2.75, 3.05) is 0 Å². The van der Waals surface area contributed by atoms with Gasteiger partial charge in [0.15, 0.2) is 0 Å². The normalized spacial score (nSPS) is 11.2. The lowest BCUT2D eigenvalue weighted by Crippen LogP contribution is -2.02. The molecule has 0 N–H and O–H groups in total. The molecule has 2 aromatic rings. The van der Waals surface area contributed by atoms with Crippen molar-refractivity contribution in [3.05, 3.63) is 71.3 Å². The minimum atomic E-state index is -0.309. The van der Waals surface area contributed by atoms with Gasteiger partial charge in [-0.3, -0.25) is 0 Å². The minimum Gasteiger partial charge on any atom is -0.198 e. The van der Waals surface area contributed by atoms with E-state index in [0.717, 1.165) is 16.7 Å². The molecule has 2 heteroatoms. The fourth-order valence-corrected chi connectivity index (χ4v) is 2.03. The van der Waals surface area contributed by atoms with Gasteiger partial charge in [-0.25, -0.2) is 0 Å². The molecule has 2 aromatic carbocycles. The van der Waals surface area contributed by atoms with Crippen molar-refractivity contribution in [1.82, 2.24) is 0 Å². The van der Waals surface area contributed by atoms with Gasteiger partial charge in [0.05, 0.1) is 24.5 Å². The van der Waals surface area contributed by atoms with E-state index in [1.54, 1.807) is 0 Å². The monoisotopic (exact) mass is 232 g/mol. The van der Waals surface area contributed by atoms with Gasteiger partial charge in [-0.2, -0.15) is 10.5 Å². The summed E-state index contributed by atoms with van der Waals surface area (Å²) in [5.74, 6) is -0.309. The van der Waals surface area contributed by atoms with Crippen LogP contribution >= 0.6 is 0 Å². The highest BCUT2D eigenvalue weighted by molar-refractivity contribution is 5.43. The Labute approximate surface area is 107 Å². The van der Waals surface area contributed by atoms with Crippen molar-refractivity contribution >= 4 is 0 Å². The van der Waals surface area contributed by atoms with Crippen LogP contribution in [0.5, 0.6) is 0 Å².